The lowest BCUT2D eigenvalue weighted by molar-refractivity contribution is -0.253. The van der Waals surface area contributed by atoms with Crippen LogP contribution in [0.2, 0.25) is 0 Å². The number of carbonyl (C=O) groups is 1. The Morgan fingerprint density at radius 3 is 3.06 bits per heavy atom. The number of aromatic nitrogens is 4. The van der Waals surface area contributed by atoms with E-state index in [4.69, 9.17) is 5.26 Å². The zero-order valence-electron chi connectivity index (χ0n) is 16.2. The fraction of sp³-hybridized carbons (Fsp3) is 0.250. The number of halogens is 1. The van der Waals surface area contributed by atoms with E-state index in [0.717, 1.165) is 21.7 Å². The van der Waals surface area contributed by atoms with Crippen LogP contribution in [0.4, 0.5) is 9.52 Å². The highest BCUT2D eigenvalue weighted by atomic mass is 32.2. The molecule has 11 heteroatoms. The number of rotatable bonds is 8. The molecule has 1 amide bonds. The molecule has 4 aromatic rings. The van der Waals surface area contributed by atoms with Gasteiger partial charge in [-0.05, 0) is 48.7 Å². The van der Waals surface area contributed by atoms with Crippen molar-refractivity contribution in [1.29, 1.82) is 0 Å². The minimum absolute atomic E-state index is 0.0236. The summed E-state index contributed by atoms with van der Waals surface area (Å²) in [6.45, 7) is 0.813. The Kier molecular flexibility index (Phi) is 5.48. The maximum Gasteiger partial charge on any atom is 0.259 e. The van der Waals surface area contributed by atoms with Crippen LogP contribution < -0.4 is 5.32 Å². The fourth-order valence-electron chi connectivity index (χ4n) is 3.33. The van der Waals surface area contributed by atoms with Gasteiger partial charge in [-0.1, -0.05) is 11.3 Å². The summed E-state index contributed by atoms with van der Waals surface area (Å²) in [5, 5.41) is 13.2. The van der Waals surface area contributed by atoms with Gasteiger partial charge in [0, 0.05) is 18.1 Å². The Morgan fingerprint density at radius 1 is 1.39 bits per heavy atom. The van der Waals surface area contributed by atoms with E-state index >= 15 is 0 Å². The first kappa shape index (κ1) is 20.2. The Morgan fingerprint density at radius 2 is 2.26 bits per heavy atom. The molecule has 1 aromatic carbocycles. The van der Waals surface area contributed by atoms with Gasteiger partial charge in [-0.25, -0.2) is 19.2 Å². The lowest BCUT2D eigenvalue weighted by Gasteiger charge is -2.02. The van der Waals surface area contributed by atoms with Crippen molar-refractivity contribution in [2.45, 2.75) is 35.4 Å². The first-order valence-corrected chi connectivity index (χ1v) is 11.3. The third kappa shape index (κ3) is 4.49. The van der Waals surface area contributed by atoms with Gasteiger partial charge in [0.25, 0.3) is 5.91 Å². The minimum atomic E-state index is -0.317. The molecule has 0 bridgehead atoms. The number of benzene rings is 1. The summed E-state index contributed by atoms with van der Waals surface area (Å²) < 4.78 is 16.6. The average molecular weight is 460 g/mol. The second-order valence-electron chi connectivity index (χ2n) is 7.33. The molecule has 0 atom stereocenters. The number of nitrogens with zero attached hydrogens (tertiary/aromatic N) is 3. The van der Waals surface area contributed by atoms with Crippen LogP contribution in [-0.4, -0.2) is 30.7 Å². The molecule has 0 radical (unpaired) electrons. The molecular weight excluding hydrogens is 441 g/mol. The number of nitrogens with one attached hydrogen (secondary N) is 2. The summed E-state index contributed by atoms with van der Waals surface area (Å²) >= 11 is 2.68. The second-order valence-corrected chi connectivity index (χ2v) is 9.65. The molecule has 31 heavy (non-hydrogen) atoms. The number of amides is 1. The van der Waals surface area contributed by atoms with Crippen LogP contribution in [0.15, 0.2) is 46.2 Å². The molecule has 0 unspecified atom stereocenters. The number of fused-ring (bicyclic) bond motifs is 1. The molecule has 3 aromatic heterocycles. The topological polar surface area (TPSA) is 105 Å². The molecule has 8 nitrogen and oxygen atoms in total. The van der Waals surface area contributed by atoms with Gasteiger partial charge in [0.2, 0.25) is 0 Å². The predicted molar refractivity (Wildman–Crippen MR) is 115 cm³/mol. The van der Waals surface area contributed by atoms with Crippen molar-refractivity contribution in [2.75, 3.05) is 5.32 Å². The van der Waals surface area contributed by atoms with Crippen LogP contribution in [0, 0.1) is 11.7 Å². The van der Waals surface area contributed by atoms with E-state index in [9.17, 15) is 9.18 Å². The highest BCUT2D eigenvalue weighted by Gasteiger charge is 2.24. The Hall–Kier alpha value is -2.73. The zero-order chi connectivity index (χ0) is 21.4. The smallest absolute Gasteiger partial charge is 0.259 e. The average Bonchev–Trinajstić information content (AvgIpc) is 3.11. The van der Waals surface area contributed by atoms with E-state index < -0.39 is 0 Å². The molecule has 5 rings (SSSR count). The summed E-state index contributed by atoms with van der Waals surface area (Å²) in [5.74, 6) is -0.000328. The Labute approximate surface area is 184 Å². The summed E-state index contributed by atoms with van der Waals surface area (Å²) in [7, 11) is 0. The maximum absolute atomic E-state index is 13.8. The van der Waals surface area contributed by atoms with Crippen molar-refractivity contribution >= 4 is 45.0 Å². The normalized spacial score (nSPS) is 13.7. The number of thiazole rings is 1. The van der Waals surface area contributed by atoms with E-state index in [1.54, 1.807) is 24.7 Å². The Bertz CT molecular complexity index is 1250. The molecular formula is C20H18FN5O3S2. The van der Waals surface area contributed by atoms with Crippen molar-refractivity contribution in [3.63, 3.8) is 0 Å². The first-order chi connectivity index (χ1) is 15.1. The third-order valence-electron chi connectivity index (χ3n) is 4.97. The van der Waals surface area contributed by atoms with E-state index in [1.807, 2.05) is 4.57 Å². The van der Waals surface area contributed by atoms with Crippen LogP contribution in [0.3, 0.4) is 0 Å². The molecule has 1 saturated carbocycles. The number of H-pyrrole nitrogens is 1. The van der Waals surface area contributed by atoms with Crippen LogP contribution in [0.25, 0.3) is 10.9 Å². The number of aromatic amines is 1. The fourth-order valence-corrected chi connectivity index (χ4v) is 5.10. The van der Waals surface area contributed by atoms with Crippen LogP contribution in [-0.2, 0) is 18.0 Å². The van der Waals surface area contributed by atoms with Gasteiger partial charge < -0.3 is 9.55 Å². The highest BCUT2D eigenvalue weighted by Crippen LogP contribution is 2.35. The summed E-state index contributed by atoms with van der Waals surface area (Å²) in [6.07, 6.45) is 7.36. The van der Waals surface area contributed by atoms with Gasteiger partial charge in [0.15, 0.2) is 10.3 Å². The molecule has 1 aliphatic carbocycles. The molecule has 160 valence electrons. The van der Waals surface area contributed by atoms with Gasteiger partial charge in [-0.15, -0.1) is 0 Å². The molecule has 0 spiro atoms. The summed E-state index contributed by atoms with van der Waals surface area (Å²) in [4.78, 5) is 28.5. The van der Waals surface area contributed by atoms with Gasteiger partial charge in [0.1, 0.15) is 12.4 Å². The quantitative estimate of drug-likeness (QED) is 0.259. The molecule has 3 N–H and O–H groups in total. The van der Waals surface area contributed by atoms with Crippen molar-refractivity contribution in [3.05, 3.63) is 53.9 Å². The minimum Gasteiger partial charge on any atom is -0.346 e. The number of hydrogen-bond acceptors (Lipinski definition) is 7. The van der Waals surface area contributed by atoms with Gasteiger partial charge in [-0.3, -0.25) is 15.4 Å². The first-order valence-electron chi connectivity index (χ1n) is 9.62. The number of imidazole rings is 1. The lowest BCUT2D eigenvalue weighted by atomic mass is 10.1. The lowest BCUT2D eigenvalue weighted by Crippen LogP contribution is -2.11. The molecule has 3 heterocycles. The number of hydrogen-bond donors (Lipinski definition) is 3. The monoisotopic (exact) mass is 459 g/mol. The van der Waals surface area contributed by atoms with Gasteiger partial charge >= 0.3 is 0 Å². The second kappa shape index (κ2) is 8.42. The maximum atomic E-state index is 13.8. The van der Waals surface area contributed by atoms with E-state index in [-0.39, 0.29) is 18.3 Å². The molecule has 1 fully saturated rings. The van der Waals surface area contributed by atoms with Crippen LogP contribution in [0.5, 0.6) is 0 Å². The van der Waals surface area contributed by atoms with Crippen molar-refractivity contribution in [3.8, 4) is 0 Å². The van der Waals surface area contributed by atoms with E-state index in [0.29, 0.717) is 27.5 Å². The van der Waals surface area contributed by atoms with E-state index in [2.05, 4.69) is 25.2 Å². The van der Waals surface area contributed by atoms with Crippen molar-refractivity contribution < 1.29 is 19.3 Å². The number of carbonyl (C=O) groups excluding carboxylic acids is 1. The number of anilines is 1. The standard InChI is InChI=1S/C20H18FN5O3S2/c21-12-3-4-14-15(9-26(16(14)5-12)8-11-1-2-11)18(27)25-20-23-7-17(31-20)30-19-22-6-13(24-19)10-29-28/h3-7,9,11,28H,1-2,8,10H2,(H,22,24)(H,23,25,27). The SMILES string of the molecule is O=C(Nc1ncc(Sc2ncc(COO)[nH]2)s1)c1cn(CC2CC2)c2cc(F)ccc12. The van der Waals surface area contributed by atoms with Crippen LogP contribution >= 0.6 is 23.1 Å². The zero-order valence-corrected chi connectivity index (χ0v) is 17.8. The van der Waals surface area contributed by atoms with Crippen molar-refractivity contribution in [1.82, 2.24) is 19.5 Å². The van der Waals surface area contributed by atoms with Crippen molar-refractivity contribution in [2.24, 2.45) is 5.92 Å². The van der Waals surface area contributed by atoms with E-state index in [1.165, 1.54) is 48.1 Å². The summed E-state index contributed by atoms with van der Waals surface area (Å²) in [6, 6.07) is 4.50. The third-order valence-corrected chi connectivity index (χ3v) is 6.88. The van der Waals surface area contributed by atoms with Crippen LogP contribution in [0.1, 0.15) is 28.9 Å². The predicted octanol–water partition coefficient (Wildman–Crippen LogP) is 4.76. The molecule has 0 aliphatic heterocycles. The van der Waals surface area contributed by atoms with Gasteiger partial charge in [-0.2, -0.15) is 0 Å². The largest absolute Gasteiger partial charge is 0.346 e. The van der Waals surface area contributed by atoms with Gasteiger partial charge in [0.05, 0.1) is 33.4 Å². The highest BCUT2D eigenvalue weighted by molar-refractivity contribution is 8.01. The summed E-state index contributed by atoms with van der Waals surface area (Å²) in [5.41, 5.74) is 1.87. The molecule has 0 saturated heterocycles. The molecule has 1 aliphatic rings. The Balaban J connectivity index is 1.32.